The van der Waals surface area contributed by atoms with Crippen LogP contribution >= 0.6 is 11.6 Å². The average Bonchev–Trinajstić information content (AvgIpc) is 2.07. The Morgan fingerprint density at radius 1 is 1.67 bits per heavy atom. The molecule has 60 valence electrons. The standard InChI is InChI=1S/C9H6ClNO/c1-7-5-8(3-2-4-12)6-11-9(7)10/h4-6H,1H3. The lowest BCUT2D eigenvalue weighted by atomic mass is 10.2. The fourth-order valence-corrected chi connectivity index (χ4v) is 0.843. The maximum absolute atomic E-state index is 9.91. The molecule has 1 heterocycles. The molecule has 12 heavy (non-hydrogen) atoms. The number of carbonyl (C=O) groups excluding carboxylic acids is 1. The van der Waals surface area contributed by atoms with Gasteiger partial charge in [-0.05, 0) is 24.5 Å². The lowest BCUT2D eigenvalue weighted by Gasteiger charge is -1.95. The summed E-state index contributed by atoms with van der Waals surface area (Å²) < 4.78 is 0. The molecule has 0 spiro atoms. The van der Waals surface area contributed by atoms with Gasteiger partial charge in [0.05, 0.1) is 0 Å². The summed E-state index contributed by atoms with van der Waals surface area (Å²) in [4.78, 5) is 13.8. The molecule has 0 saturated carbocycles. The first-order valence-corrected chi connectivity index (χ1v) is 3.69. The van der Waals surface area contributed by atoms with Crippen molar-refractivity contribution in [3.05, 3.63) is 28.5 Å². The normalized spacial score (nSPS) is 8.50. The molecule has 1 aromatic heterocycles. The second kappa shape index (κ2) is 3.89. The summed E-state index contributed by atoms with van der Waals surface area (Å²) in [5.74, 6) is 4.92. The van der Waals surface area contributed by atoms with Gasteiger partial charge in [-0.15, -0.1) is 0 Å². The summed E-state index contributed by atoms with van der Waals surface area (Å²) >= 11 is 5.69. The molecular formula is C9H6ClNO. The number of nitrogens with zero attached hydrogens (tertiary/aromatic N) is 1. The molecule has 0 atom stereocenters. The summed E-state index contributed by atoms with van der Waals surface area (Å²) in [5.41, 5.74) is 1.55. The predicted molar refractivity (Wildman–Crippen MR) is 46.9 cm³/mol. The quantitative estimate of drug-likeness (QED) is 0.344. The van der Waals surface area contributed by atoms with Gasteiger partial charge >= 0.3 is 0 Å². The topological polar surface area (TPSA) is 30.0 Å². The van der Waals surface area contributed by atoms with Gasteiger partial charge in [-0.2, -0.15) is 0 Å². The Bertz CT molecular complexity index is 363. The Morgan fingerprint density at radius 3 is 3.00 bits per heavy atom. The molecule has 0 aromatic carbocycles. The van der Waals surface area contributed by atoms with E-state index < -0.39 is 0 Å². The molecule has 0 aliphatic carbocycles. The van der Waals surface area contributed by atoms with Gasteiger partial charge in [-0.25, -0.2) is 4.98 Å². The highest BCUT2D eigenvalue weighted by molar-refractivity contribution is 6.30. The van der Waals surface area contributed by atoms with E-state index in [2.05, 4.69) is 16.8 Å². The van der Waals surface area contributed by atoms with Crippen LogP contribution in [0.1, 0.15) is 11.1 Å². The molecule has 0 radical (unpaired) electrons. The highest BCUT2D eigenvalue weighted by Crippen LogP contribution is 2.11. The summed E-state index contributed by atoms with van der Waals surface area (Å²) in [5, 5.41) is 0.464. The zero-order valence-electron chi connectivity index (χ0n) is 6.47. The number of carbonyl (C=O) groups is 1. The second-order valence-corrected chi connectivity index (χ2v) is 2.58. The van der Waals surface area contributed by atoms with Crippen LogP contribution < -0.4 is 0 Å². The van der Waals surface area contributed by atoms with Crippen molar-refractivity contribution in [3.63, 3.8) is 0 Å². The van der Waals surface area contributed by atoms with E-state index in [-0.39, 0.29) is 0 Å². The lowest BCUT2D eigenvalue weighted by molar-refractivity contribution is -0.103. The fraction of sp³-hybridized carbons (Fsp3) is 0.111. The first-order valence-electron chi connectivity index (χ1n) is 3.31. The predicted octanol–water partition coefficient (Wildman–Crippen LogP) is 1.59. The number of rotatable bonds is 0. The SMILES string of the molecule is Cc1cc(C#CC=O)cnc1Cl. The lowest BCUT2D eigenvalue weighted by Crippen LogP contribution is -1.83. The van der Waals surface area contributed by atoms with Crippen molar-refractivity contribution in [3.8, 4) is 11.8 Å². The van der Waals surface area contributed by atoms with Crippen molar-refractivity contribution in [1.82, 2.24) is 4.98 Å². The van der Waals surface area contributed by atoms with Crippen LogP contribution in [0.2, 0.25) is 5.15 Å². The first kappa shape index (κ1) is 8.76. The molecular weight excluding hydrogens is 174 g/mol. The van der Waals surface area contributed by atoms with E-state index in [9.17, 15) is 4.79 Å². The largest absolute Gasteiger partial charge is 0.289 e. The van der Waals surface area contributed by atoms with E-state index >= 15 is 0 Å². The average molecular weight is 180 g/mol. The highest BCUT2D eigenvalue weighted by Gasteiger charge is 1.95. The van der Waals surface area contributed by atoms with E-state index in [0.717, 1.165) is 5.56 Å². The molecule has 0 amide bonds. The minimum Gasteiger partial charge on any atom is -0.289 e. The number of aldehydes is 1. The zero-order chi connectivity index (χ0) is 8.97. The Labute approximate surface area is 75.6 Å². The number of hydrogen-bond acceptors (Lipinski definition) is 2. The number of aromatic nitrogens is 1. The van der Waals surface area contributed by atoms with Gasteiger partial charge in [0.15, 0.2) is 6.29 Å². The smallest absolute Gasteiger partial charge is 0.193 e. The monoisotopic (exact) mass is 179 g/mol. The fourth-order valence-electron chi connectivity index (χ4n) is 0.739. The van der Waals surface area contributed by atoms with E-state index in [1.807, 2.05) is 6.92 Å². The van der Waals surface area contributed by atoms with Crippen LogP contribution in [0.4, 0.5) is 0 Å². The summed E-state index contributed by atoms with van der Waals surface area (Å²) in [6.45, 7) is 1.83. The van der Waals surface area contributed by atoms with Crippen LogP contribution in [0.5, 0.6) is 0 Å². The van der Waals surface area contributed by atoms with Crippen LogP contribution in [0.3, 0.4) is 0 Å². The van der Waals surface area contributed by atoms with Gasteiger partial charge in [0.25, 0.3) is 0 Å². The molecule has 0 N–H and O–H groups in total. The van der Waals surface area contributed by atoms with Gasteiger partial charge in [-0.1, -0.05) is 17.5 Å². The molecule has 2 nitrogen and oxygen atoms in total. The molecule has 1 aromatic rings. The maximum Gasteiger partial charge on any atom is 0.193 e. The van der Waals surface area contributed by atoms with Crippen LogP contribution in [-0.2, 0) is 4.79 Å². The Kier molecular flexibility index (Phi) is 2.84. The summed E-state index contributed by atoms with van der Waals surface area (Å²) in [6.07, 6.45) is 2.08. The third-order valence-electron chi connectivity index (χ3n) is 1.29. The molecule has 0 fully saturated rings. The van der Waals surface area contributed by atoms with Gasteiger partial charge in [0.2, 0.25) is 0 Å². The van der Waals surface area contributed by atoms with Crippen molar-refractivity contribution < 1.29 is 4.79 Å². The molecule has 3 heteroatoms. The van der Waals surface area contributed by atoms with E-state index in [0.29, 0.717) is 17.0 Å². The molecule has 0 aliphatic rings. The summed E-state index contributed by atoms with van der Waals surface area (Å²) in [7, 11) is 0. The Hall–Kier alpha value is -1.33. The van der Waals surface area contributed by atoms with E-state index in [4.69, 9.17) is 11.6 Å². The van der Waals surface area contributed by atoms with E-state index in [1.54, 1.807) is 6.07 Å². The van der Waals surface area contributed by atoms with Crippen molar-refractivity contribution in [2.75, 3.05) is 0 Å². The van der Waals surface area contributed by atoms with Crippen molar-refractivity contribution in [2.45, 2.75) is 6.92 Å². The molecule has 0 aliphatic heterocycles. The third-order valence-corrected chi connectivity index (χ3v) is 1.69. The number of pyridine rings is 1. The Morgan fingerprint density at radius 2 is 2.42 bits per heavy atom. The van der Waals surface area contributed by atoms with Crippen LogP contribution in [0.25, 0.3) is 0 Å². The summed E-state index contributed by atoms with van der Waals surface area (Å²) in [6, 6.07) is 1.78. The van der Waals surface area contributed by atoms with Crippen LogP contribution in [0, 0.1) is 18.8 Å². The van der Waals surface area contributed by atoms with Gasteiger partial charge in [-0.3, -0.25) is 4.79 Å². The Balaban J connectivity index is 3.04. The zero-order valence-corrected chi connectivity index (χ0v) is 7.22. The first-order chi connectivity index (χ1) is 5.74. The van der Waals surface area contributed by atoms with Crippen molar-refractivity contribution in [2.24, 2.45) is 0 Å². The number of hydrogen-bond donors (Lipinski definition) is 0. The van der Waals surface area contributed by atoms with Gasteiger partial charge in [0, 0.05) is 11.8 Å². The van der Waals surface area contributed by atoms with Crippen LogP contribution in [-0.4, -0.2) is 11.3 Å². The molecule has 0 unspecified atom stereocenters. The van der Waals surface area contributed by atoms with E-state index in [1.165, 1.54) is 6.20 Å². The number of aryl methyl sites for hydroxylation is 1. The minimum absolute atomic E-state index is 0.464. The van der Waals surface area contributed by atoms with Gasteiger partial charge < -0.3 is 0 Å². The second-order valence-electron chi connectivity index (χ2n) is 2.22. The third kappa shape index (κ3) is 2.08. The van der Waals surface area contributed by atoms with Crippen molar-refractivity contribution >= 4 is 17.9 Å². The molecule has 1 rings (SSSR count). The van der Waals surface area contributed by atoms with Gasteiger partial charge in [0.1, 0.15) is 5.15 Å². The highest BCUT2D eigenvalue weighted by atomic mass is 35.5. The number of halogens is 1. The molecule has 0 bridgehead atoms. The van der Waals surface area contributed by atoms with Crippen molar-refractivity contribution in [1.29, 1.82) is 0 Å². The molecule has 0 saturated heterocycles. The maximum atomic E-state index is 9.91. The minimum atomic E-state index is 0.464. The van der Waals surface area contributed by atoms with Crippen LogP contribution in [0.15, 0.2) is 12.3 Å².